The predicted molar refractivity (Wildman–Crippen MR) is 152 cm³/mol. The van der Waals surface area contributed by atoms with Crippen LogP contribution in [0.3, 0.4) is 0 Å². The molecule has 0 aliphatic carbocycles. The van der Waals surface area contributed by atoms with Crippen molar-refractivity contribution in [1.82, 2.24) is 15.3 Å². The third kappa shape index (κ3) is 7.63. The van der Waals surface area contributed by atoms with E-state index in [0.29, 0.717) is 35.9 Å². The zero-order valence-electron chi connectivity index (χ0n) is 22.7. The normalized spacial score (nSPS) is 11.8. The Bertz CT molecular complexity index is 1410. The molecule has 7 heteroatoms. The topological polar surface area (TPSA) is 90.4 Å². The minimum atomic E-state index is -0.235. The van der Waals surface area contributed by atoms with Crippen molar-refractivity contribution in [2.45, 2.75) is 46.6 Å². The molecule has 1 N–H and O–H groups in total. The van der Waals surface area contributed by atoms with Crippen LogP contribution >= 0.6 is 0 Å². The van der Waals surface area contributed by atoms with E-state index < -0.39 is 0 Å². The lowest BCUT2D eigenvalue weighted by atomic mass is 9.90. The summed E-state index contributed by atoms with van der Waals surface area (Å²) in [6.45, 7) is 6.51. The number of esters is 1. The summed E-state index contributed by atoms with van der Waals surface area (Å²) in [5, 5.41) is 3.92. The van der Waals surface area contributed by atoms with Crippen LogP contribution in [0.1, 0.15) is 55.5 Å². The smallest absolute Gasteiger partial charge is 0.309 e. The fraction of sp³-hybridized carbons (Fsp3) is 0.312. The monoisotopic (exact) mass is 525 g/mol. The highest BCUT2D eigenvalue weighted by atomic mass is 16.5. The Morgan fingerprint density at radius 1 is 0.897 bits per heavy atom. The molecule has 1 aromatic heterocycles. The Morgan fingerprint density at radius 2 is 1.64 bits per heavy atom. The number of carbonyl (C=O) groups is 2. The molecule has 4 rings (SSSR count). The van der Waals surface area contributed by atoms with Crippen LogP contribution in [0.5, 0.6) is 11.5 Å². The molecule has 1 atom stereocenters. The number of nitrogens with zero attached hydrogens (tertiary/aromatic N) is 2. The van der Waals surface area contributed by atoms with E-state index in [-0.39, 0.29) is 30.3 Å². The molecule has 7 nitrogen and oxygen atoms in total. The quantitative estimate of drug-likeness (QED) is 0.212. The number of aryl methyl sites for hydroxylation is 1. The van der Waals surface area contributed by atoms with Crippen LogP contribution in [0.2, 0.25) is 0 Å². The van der Waals surface area contributed by atoms with Gasteiger partial charge in [0.05, 0.1) is 30.3 Å². The van der Waals surface area contributed by atoms with E-state index in [9.17, 15) is 9.59 Å². The molecule has 0 aliphatic rings. The first-order valence-electron chi connectivity index (χ1n) is 13.5. The summed E-state index contributed by atoms with van der Waals surface area (Å²) in [5.74, 6) is 1.52. The Morgan fingerprint density at radius 3 is 2.41 bits per heavy atom. The number of para-hydroxylation sites is 2. The molecule has 0 fully saturated rings. The number of nitrogens with one attached hydrogen (secondary N) is 1. The second kappa shape index (κ2) is 13.5. The van der Waals surface area contributed by atoms with Gasteiger partial charge in [0.15, 0.2) is 0 Å². The van der Waals surface area contributed by atoms with Crippen molar-refractivity contribution in [2.24, 2.45) is 11.8 Å². The number of hydrogen-bond acceptors (Lipinski definition) is 6. The van der Waals surface area contributed by atoms with E-state index in [1.165, 1.54) is 0 Å². The average Bonchev–Trinajstić information content (AvgIpc) is 2.94. The van der Waals surface area contributed by atoms with Crippen molar-refractivity contribution in [3.05, 3.63) is 95.9 Å². The predicted octanol–water partition coefficient (Wildman–Crippen LogP) is 6.51. The van der Waals surface area contributed by atoms with Crippen LogP contribution in [-0.4, -0.2) is 28.5 Å². The maximum absolute atomic E-state index is 12.9. The van der Waals surface area contributed by atoms with Crippen LogP contribution in [0.25, 0.3) is 10.9 Å². The van der Waals surface area contributed by atoms with Gasteiger partial charge in [-0.05, 0) is 68.5 Å². The van der Waals surface area contributed by atoms with Gasteiger partial charge in [0.25, 0.3) is 5.91 Å². The molecule has 1 amide bonds. The van der Waals surface area contributed by atoms with Gasteiger partial charge in [-0.3, -0.25) is 9.59 Å². The van der Waals surface area contributed by atoms with Crippen LogP contribution in [-0.2, 0) is 22.5 Å². The van der Waals surface area contributed by atoms with E-state index in [1.807, 2.05) is 81.4 Å². The van der Waals surface area contributed by atoms with Crippen molar-refractivity contribution >= 4 is 22.8 Å². The lowest BCUT2D eigenvalue weighted by Gasteiger charge is -2.19. The molecule has 202 valence electrons. The highest BCUT2D eigenvalue weighted by Crippen LogP contribution is 2.24. The summed E-state index contributed by atoms with van der Waals surface area (Å²) in [6, 6.07) is 24.4. The Hall–Kier alpha value is -4.26. The van der Waals surface area contributed by atoms with Gasteiger partial charge in [0, 0.05) is 10.9 Å². The third-order valence-corrected chi connectivity index (χ3v) is 6.53. The molecular weight excluding hydrogens is 490 g/mol. The summed E-state index contributed by atoms with van der Waals surface area (Å²) in [4.78, 5) is 34.8. The molecule has 0 aliphatic heterocycles. The second-order valence-electron chi connectivity index (χ2n) is 9.72. The van der Waals surface area contributed by atoms with Crippen molar-refractivity contribution in [1.29, 1.82) is 0 Å². The summed E-state index contributed by atoms with van der Waals surface area (Å²) < 4.78 is 11.1. The Kier molecular flexibility index (Phi) is 9.62. The minimum Gasteiger partial charge on any atom is -0.466 e. The third-order valence-electron chi connectivity index (χ3n) is 6.53. The van der Waals surface area contributed by atoms with E-state index in [4.69, 9.17) is 14.5 Å². The highest BCUT2D eigenvalue weighted by Gasteiger charge is 2.23. The maximum Gasteiger partial charge on any atom is 0.309 e. The van der Waals surface area contributed by atoms with Gasteiger partial charge >= 0.3 is 5.97 Å². The van der Waals surface area contributed by atoms with Crippen LogP contribution in [0.15, 0.2) is 78.9 Å². The molecule has 0 bridgehead atoms. The van der Waals surface area contributed by atoms with E-state index >= 15 is 0 Å². The summed E-state index contributed by atoms with van der Waals surface area (Å²) in [7, 11) is 0. The van der Waals surface area contributed by atoms with Crippen molar-refractivity contribution in [2.75, 3.05) is 6.61 Å². The van der Waals surface area contributed by atoms with Gasteiger partial charge < -0.3 is 14.8 Å². The Labute approximate surface area is 229 Å². The fourth-order valence-electron chi connectivity index (χ4n) is 4.51. The number of ether oxygens (including phenoxy) is 2. The highest BCUT2D eigenvalue weighted by molar-refractivity contribution is 5.94. The average molecular weight is 526 g/mol. The first-order chi connectivity index (χ1) is 18.9. The zero-order valence-corrected chi connectivity index (χ0v) is 22.7. The van der Waals surface area contributed by atoms with Crippen LogP contribution < -0.4 is 10.1 Å². The molecule has 3 aromatic carbocycles. The van der Waals surface area contributed by atoms with Gasteiger partial charge in [-0.15, -0.1) is 0 Å². The molecular formula is C32H35N3O4. The maximum atomic E-state index is 12.9. The van der Waals surface area contributed by atoms with E-state index in [1.54, 1.807) is 18.2 Å². The molecule has 4 aromatic rings. The van der Waals surface area contributed by atoms with Crippen molar-refractivity contribution in [3.8, 4) is 11.5 Å². The first-order valence-corrected chi connectivity index (χ1v) is 13.5. The summed E-state index contributed by atoms with van der Waals surface area (Å²) in [5.41, 5.74) is 2.23. The first kappa shape index (κ1) is 27.8. The van der Waals surface area contributed by atoms with Crippen LogP contribution in [0.4, 0.5) is 0 Å². The molecule has 1 heterocycles. The van der Waals surface area contributed by atoms with Crippen molar-refractivity contribution in [3.63, 3.8) is 0 Å². The number of fused-ring (bicyclic) bond motifs is 1. The number of carbonyl (C=O) groups excluding carboxylic acids is 2. The van der Waals surface area contributed by atoms with E-state index in [0.717, 1.165) is 29.4 Å². The number of amides is 1. The molecule has 0 saturated heterocycles. The number of benzene rings is 3. The van der Waals surface area contributed by atoms with Gasteiger partial charge in [-0.1, -0.05) is 56.3 Å². The van der Waals surface area contributed by atoms with Gasteiger partial charge in [0.1, 0.15) is 17.3 Å². The fourth-order valence-corrected chi connectivity index (χ4v) is 4.51. The number of rotatable bonds is 12. The minimum absolute atomic E-state index is 0.137. The molecule has 0 saturated carbocycles. The number of aromatic nitrogens is 2. The second-order valence-corrected chi connectivity index (χ2v) is 9.72. The lowest BCUT2D eigenvalue weighted by molar-refractivity contribution is -0.149. The largest absolute Gasteiger partial charge is 0.466 e. The van der Waals surface area contributed by atoms with Crippen molar-refractivity contribution < 1.29 is 19.1 Å². The SMILES string of the molecule is CCOC(=O)C(CCCc1nc(CNC(=O)c2cccc(Oc3ccccc3)c2)nc2ccccc12)C(C)C. The summed E-state index contributed by atoms with van der Waals surface area (Å²) >= 11 is 0. The molecule has 0 radical (unpaired) electrons. The summed E-state index contributed by atoms with van der Waals surface area (Å²) in [6.07, 6.45) is 2.22. The standard InChI is InChI=1S/C32H35N3O4/c1-4-38-32(37)26(22(2)3)17-11-19-29-27-16-8-9-18-28(27)34-30(35-29)21-33-31(36)23-12-10-15-25(20-23)39-24-13-6-5-7-14-24/h5-10,12-16,18,20,22,26H,4,11,17,19,21H2,1-3H3,(H,33,36). The Balaban J connectivity index is 1.43. The van der Waals surface area contributed by atoms with Gasteiger partial charge in [0.2, 0.25) is 0 Å². The van der Waals surface area contributed by atoms with Gasteiger partial charge in [-0.25, -0.2) is 9.97 Å². The molecule has 0 spiro atoms. The lowest BCUT2D eigenvalue weighted by Crippen LogP contribution is -2.24. The van der Waals surface area contributed by atoms with Crippen LogP contribution in [0, 0.1) is 11.8 Å². The van der Waals surface area contributed by atoms with Gasteiger partial charge in [-0.2, -0.15) is 0 Å². The van der Waals surface area contributed by atoms with E-state index in [2.05, 4.69) is 10.3 Å². The zero-order chi connectivity index (χ0) is 27.6. The molecule has 39 heavy (non-hydrogen) atoms. The number of hydrogen-bond donors (Lipinski definition) is 1. The molecule has 1 unspecified atom stereocenters.